The molecule has 0 aliphatic carbocycles. The fourth-order valence-electron chi connectivity index (χ4n) is 2.93. The third-order valence-electron chi connectivity index (χ3n) is 4.22. The molecule has 106 valence electrons. The van der Waals surface area contributed by atoms with E-state index in [0.717, 1.165) is 36.2 Å². The van der Waals surface area contributed by atoms with Gasteiger partial charge in [0, 0.05) is 19.6 Å². The molecular weight excluding hydrogens is 239 g/mol. The molecule has 0 aromatic heterocycles. The van der Waals surface area contributed by atoms with E-state index in [9.17, 15) is 4.39 Å². The molecule has 2 nitrogen and oxygen atoms in total. The molecule has 19 heavy (non-hydrogen) atoms. The van der Waals surface area contributed by atoms with Gasteiger partial charge in [0.05, 0.1) is 5.69 Å². The Morgan fingerprint density at radius 1 is 1.32 bits per heavy atom. The molecule has 0 radical (unpaired) electrons. The Hall–Kier alpha value is -1.09. The normalized spacial score (nSPS) is 17.2. The molecule has 1 aromatic carbocycles. The smallest absolute Gasteiger partial charge is 0.146 e. The fourth-order valence-corrected chi connectivity index (χ4v) is 2.93. The Morgan fingerprint density at radius 3 is 2.53 bits per heavy atom. The van der Waals surface area contributed by atoms with Gasteiger partial charge in [0.2, 0.25) is 0 Å². The summed E-state index contributed by atoms with van der Waals surface area (Å²) in [7, 11) is 1.88. The van der Waals surface area contributed by atoms with Gasteiger partial charge in [-0.25, -0.2) is 4.39 Å². The van der Waals surface area contributed by atoms with Gasteiger partial charge in [-0.05, 0) is 49.4 Å². The topological polar surface area (TPSA) is 15.3 Å². The summed E-state index contributed by atoms with van der Waals surface area (Å²) >= 11 is 0. The van der Waals surface area contributed by atoms with Crippen molar-refractivity contribution in [3.8, 4) is 0 Å². The summed E-state index contributed by atoms with van der Waals surface area (Å²) in [5.41, 5.74) is 1.77. The monoisotopic (exact) mass is 264 g/mol. The van der Waals surface area contributed by atoms with Crippen molar-refractivity contribution in [1.82, 2.24) is 5.32 Å². The molecule has 0 saturated carbocycles. The standard InChI is InChI=1S/C16H25FN2/c1-12(2)14-6-8-19(9-7-14)16-5-4-13(11-18-3)10-15(16)17/h4-5,10,12,14,18H,6-9,11H2,1-3H3. The van der Waals surface area contributed by atoms with E-state index in [4.69, 9.17) is 0 Å². The van der Waals surface area contributed by atoms with Crippen LogP contribution in [0.1, 0.15) is 32.3 Å². The van der Waals surface area contributed by atoms with Crippen LogP contribution in [0.3, 0.4) is 0 Å². The van der Waals surface area contributed by atoms with Crippen molar-refractivity contribution in [3.05, 3.63) is 29.6 Å². The van der Waals surface area contributed by atoms with Crippen molar-refractivity contribution in [1.29, 1.82) is 0 Å². The minimum absolute atomic E-state index is 0.0873. The van der Waals surface area contributed by atoms with E-state index < -0.39 is 0 Å². The van der Waals surface area contributed by atoms with Crippen LogP contribution in [-0.2, 0) is 6.54 Å². The average Bonchev–Trinajstić information content (AvgIpc) is 2.39. The van der Waals surface area contributed by atoms with Crippen molar-refractivity contribution in [2.45, 2.75) is 33.2 Å². The number of benzene rings is 1. The molecule has 0 atom stereocenters. The molecule has 1 aliphatic heterocycles. The fraction of sp³-hybridized carbons (Fsp3) is 0.625. The first-order chi connectivity index (χ1) is 9.11. The summed E-state index contributed by atoms with van der Waals surface area (Å²) in [5.74, 6) is 1.45. The summed E-state index contributed by atoms with van der Waals surface area (Å²) in [6, 6.07) is 5.60. The van der Waals surface area contributed by atoms with Crippen molar-refractivity contribution in [2.24, 2.45) is 11.8 Å². The van der Waals surface area contributed by atoms with Crippen LogP contribution >= 0.6 is 0 Å². The van der Waals surface area contributed by atoms with Gasteiger partial charge in [0.1, 0.15) is 5.82 Å². The van der Waals surface area contributed by atoms with Crippen LogP contribution in [-0.4, -0.2) is 20.1 Å². The maximum Gasteiger partial charge on any atom is 0.146 e. The van der Waals surface area contributed by atoms with Crippen LogP contribution in [0.4, 0.5) is 10.1 Å². The molecule has 1 saturated heterocycles. The van der Waals surface area contributed by atoms with Crippen LogP contribution in [0.2, 0.25) is 0 Å². The van der Waals surface area contributed by atoms with Gasteiger partial charge in [-0.2, -0.15) is 0 Å². The second-order valence-corrected chi connectivity index (χ2v) is 5.88. The summed E-state index contributed by atoms with van der Waals surface area (Å²) < 4.78 is 14.1. The molecule has 1 N–H and O–H groups in total. The molecule has 1 aromatic rings. The molecule has 0 bridgehead atoms. The second kappa shape index (κ2) is 6.38. The molecule has 0 unspecified atom stereocenters. The molecule has 1 aliphatic rings. The number of hydrogen-bond acceptors (Lipinski definition) is 2. The first kappa shape index (κ1) is 14.3. The molecule has 2 rings (SSSR count). The minimum Gasteiger partial charge on any atom is -0.369 e. The van der Waals surface area contributed by atoms with Crippen LogP contribution in [0.15, 0.2) is 18.2 Å². The van der Waals surface area contributed by atoms with E-state index in [0.29, 0.717) is 6.54 Å². The quantitative estimate of drug-likeness (QED) is 0.896. The van der Waals surface area contributed by atoms with Gasteiger partial charge in [-0.1, -0.05) is 19.9 Å². The Labute approximate surface area is 116 Å². The van der Waals surface area contributed by atoms with E-state index in [2.05, 4.69) is 24.1 Å². The number of rotatable bonds is 4. The predicted octanol–water partition coefficient (Wildman–Crippen LogP) is 3.42. The highest BCUT2D eigenvalue weighted by Gasteiger charge is 2.23. The van der Waals surface area contributed by atoms with Crippen LogP contribution < -0.4 is 10.2 Å². The molecule has 3 heteroatoms. The maximum absolute atomic E-state index is 14.1. The first-order valence-electron chi connectivity index (χ1n) is 7.29. The Kier molecular flexibility index (Phi) is 4.81. The van der Waals surface area contributed by atoms with Gasteiger partial charge in [0.25, 0.3) is 0 Å². The second-order valence-electron chi connectivity index (χ2n) is 5.88. The van der Waals surface area contributed by atoms with Crippen molar-refractivity contribution in [2.75, 3.05) is 25.0 Å². The Balaban J connectivity index is 2.03. The summed E-state index contributed by atoms with van der Waals surface area (Å²) in [6.45, 7) is 7.24. The average molecular weight is 264 g/mol. The molecular formula is C16H25FN2. The zero-order valence-corrected chi connectivity index (χ0v) is 12.2. The largest absolute Gasteiger partial charge is 0.369 e. The molecule has 1 heterocycles. The third kappa shape index (κ3) is 3.47. The van der Waals surface area contributed by atoms with Gasteiger partial charge < -0.3 is 10.2 Å². The lowest BCUT2D eigenvalue weighted by Crippen LogP contribution is -2.35. The number of hydrogen-bond donors (Lipinski definition) is 1. The predicted molar refractivity (Wildman–Crippen MR) is 78.9 cm³/mol. The number of piperidine rings is 1. The highest BCUT2D eigenvalue weighted by Crippen LogP contribution is 2.29. The van der Waals surface area contributed by atoms with Gasteiger partial charge in [-0.15, -0.1) is 0 Å². The molecule has 0 amide bonds. The van der Waals surface area contributed by atoms with E-state index >= 15 is 0 Å². The number of nitrogens with one attached hydrogen (secondary N) is 1. The van der Waals surface area contributed by atoms with Crippen molar-refractivity contribution < 1.29 is 4.39 Å². The maximum atomic E-state index is 14.1. The number of halogens is 1. The zero-order valence-electron chi connectivity index (χ0n) is 12.2. The van der Waals surface area contributed by atoms with Gasteiger partial charge >= 0.3 is 0 Å². The molecule has 0 spiro atoms. The first-order valence-corrected chi connectivity index (χ1v) is 7.29. The Bertz CT molecular complexity index is 409. The van der Waals surface area contributed by atoms with Gasteiger partial charge in [0.15, 0.2) is 0 Å². The minimum atomic E-state index is -0.0873. The highest BCUT2D eigenvalue weighted by molar-refractivity contribution is 5.49. The lowest BCUT2D eigenvalue weighted by atomic mass is 9.86. The SMILES string of the molecule is CNCc1ccc(N2CCC(C(C)C)CC2)c(F)c1. The van der Waals surface area contributed by atoms with E-state index in [-0.39, 0.29) is 5.82 Å². The lowest BCUT2D eigenvalue weighted by molar-refractivity contribution is 0.310. The van der Waals surface area contributed by atoms with E-state index in [1.165, 1.54) is 12.8 Å². The van der Waals surface area contributed by atoms with E-state index in [1.807, 2.05) is 19.2 Å². The van der Waals surface area contributed by atoms with Crippen LogP contribution in [0, 0.1) is 17.7 Å². The van der Waals surface area contributed by atoms with Crippen LogP contribution in [0.5, 0.6) is 0 Å². The van der Waals surface area contributed by atoms with Crippen molar-refractivity contribution >= 4 is 5.69 Å². The highest BCUT2D eigenvalue weighted by atomic mass is 19.1. The van der Waals surface area contributed by atoms with E-state index in [1.54, 1.807) is 6.07 Å². The van der Waals surface area contributed by atoms with Crippen LogP contribution in [0.25, 0.3) is 0 Å². The summed E-state index contributed by atoms with van der Waals surface area (Å²) in [6.07, 6.45) is 2.35. The number of anilines is 1. The lowest BCUT2D eigenvalue weighted by Gasteiger charge is -2.35. The Morgan fingerprint density at radius 2 is 2.00 bits per heavy atom. The van der Waals surface area contributed by atoms with Crippen molar-refractivity contribution in [3.63, 3.8) is 0 Å². The summed E-state index contributed by atoms with van der Waals surface area (Å²) in [4.78, 5) is 2.19. The summed E-state index contributed by atoms with van der Waals surface area (Å²) in [5, 5.41) is 3.05. The third-order valence-corrected chi connectivity index (χ3v) is 4.22. The number of nitrogens with zero attached hydrogens (tertiary/aromatic N) is 1. The molecule has 1 fully saturated rings. The zero-order chi connectivity index (χ0) is 13.8. The van der Waals surface area contributed by atoms with Gasteiger partial charge in [-0.3, -0.25) is 0 Å².